The number of hydrogen-bond donors (Lipinski definition) is 0. The number of hydrogen-bond acceptors (Lipinski definition) is 8. The normalized spacial score (nSPS) is 21.3. The van der Waals surface area contributed by atoms with E-state index in [1.165, 1.54) is 14.2 Å². The van der Waals surface area contributed by atoms with Crippen LogP contribution in [0.1, 0.15) is 11.1 Å². The van der Waals surface area contributed by atoms with Crippen molar-refractivity contribution in [3.8, 4) is 11.5 Å². The van der Waals surface area contributed by atoms with E-state index in [0.29, 0.717) is 22.6 Å². The van der Waals surface area contributed by atoms with E-state index in [2.05, 4.69) is 4.18 Å². The number of rotatable bonds is 8. The molecule has 2 heterocycles. The molecule has 2 fully saturated rings. The molecule has 3 atom stereocenters. The average molecular weight is 545 g/mol. The Morgan fingerprint density at radius 2 is 1.70 bits per heavy atom. The van der Waals surface area contributed by atoms with Gasteiger partial charge in [0, 0.05) is 6.54 Å². The molecule has 200 valence electrons. The summed E-state index contributed by atoms with van der Waals surface area (Å²) >= 11 is 0. The number of amides is 2. The first-order valence-corrected chi connectivity index (χ1v) is 12.4. The summed E-state index contributed by atoms with van der Waals surface area (Å²) in [7, 11) is -3.15. The molecule has 2 amide bonds. The molecule has 37 heavy (non-hydrogen) atoms. The zero-order chi connectivity index (χ0) is 27.0. The smallest absolute Gasteiger partial charge is 0.493 e. The lowest BCUT2D eigenvalue weighted by atomic mass is 9.93. The van der Waals surface area contributed by atoms with Crippen LogP contribution in [0.2, 0.25) is 0 Å². The van der Waals surface area contributed by atoms with Gasteiger partial charge in [0.1, 0.15) is 18.8 Å². The van der Waals surface area contributed by atoms with Gasteiger partial charge in [-0.05, 0) is 23.3 Å². The van der Waals surface area contributed by atoms with Crippen LogP contribution in [0.4, 0.5) is 18.0 Å². The van der Waals surface area contributed by atoms with Gasteiger partial charge in [-0.2, -0.15) is 21.6 Å². The average Bonchev–Trinajstić information content (AvgIpc) is 3.19. The Kier molecular flexibility index (Phi) is 7.24. The summed E-state index contributed by atoms with van der Waals surface area (Å²) in [6.45, 7) is -0.838. The van der Waals surface area contributed by atoms with Crippen LogP contribution >= 0.6 is 0 Å². The van der Waals surface area contributed by atoms with Gasteiger partial charge >= 0.3 is 21.7 Å². The number of fused-ring (bicyclic) bond motifs is 1. The highest BCUT2D eigenvalue weighted by Crippen LogP contribution is 2.40. The van der Waals surface area contributed by atoms with Crippen molar-refractivity contribution in [1.82, 2.24) is 9.80 Å². The fourth-order valence-corrected chi connectivity index (χ4v) is 4.95. The number of halogens is 3. The van der Waals surface area contributed by atoms with Crippen LogP contribution in [-0.2, 0) is 37.0 Å². The molecular formula is C23H23F3N2O8S. The molecule has 2 aliphatic heterocycles. The summed E-state index contributed by atoms with van der Waals surface area (Å²) < 4.78 is 82.8. The summed E-state index contributed by atoms with van der Waals surface area (Å²) in [5, 5.41) is 0. The minimum Gasteiger partial charge on any atom is -0.493 e. The lowest BCUT2D eigenvalue weighted by Gasteiger charge is -2.46. The minimum atomic E-state index is -5.99. The highest BCUT2D eigenvalue weighted by atomic mass is 32.2. The number of ether oxygens (including phenoxy) is 3. The monoisotopic (exact) mass is 544 g/mol. The van der Waals surface area contributed by atoms with Crippen molar-refractivity contribution < 1.29 is 49.6 Å². The second-order valence-electron chi connectivity index (χ2n) is 8.32. The molecule has 2 aromatic carbocycles. The van der Waals surface area contributed by atoms with E-state index in [1.54, 1.807) is 48.5 Å². The second kappa shape index (κ2) is 10.1. The van der Waals surface area contributed by atoms with Gasteiger partial charge in [0.15, 0.2) is 11.5 Å². The molecule has 0 bridgehead atoms. The Hall–Kier alpha value is -3.52. The van der Waals surface area contributed by atoms with Crippen LogP contribution in [0.5, 0.6) is 11.5 Å². The number of likely N-dealkylation sites (tertiary alicyclic amines) is 2. The molecule has 2 saturated heterocycles. The van der Waals surface area contributed by atoms with E-state index >= 15 is 0 Å². The minimum absolute atomic E-state index is 0.0980. The Morgan fingerprint density at radius 3 is 2.32 bits per heavy atom. The van der Waals surface area contributed by atoms with Gasteiger partial charge in [-0.1, -0.05) is 36.4 Å². The van der Waals surface area contributed by atoms with Gasteiger partial charge in [-0.15, -0.1) is 0 Å². The van der Waals surface area contributed by atoms with Crippen LogP contribution in [-0.4, -0.2) is 74.7 Å². The second-order valence-corrected chi connectivity index (χ2v) is 9.88. The largest absolute Gasteiger partial charge is 0.523 e. The third-order valence-electron chi connectivity index (χ3n) is 6.09. The van der Waals surface area contributed by atoms with Crippen LogP contribution in [0, 0.1) is 0 Å². The lowest BCUT2D eigenvalue weighted by Crippen LogP contribution is -2.68. The quantitative estimate of drug-likeness (QED) is 0.283. The fraction of sp³-hybridized carbons (Fsp3) is 0.391. The highest BCUT2D eigenvalue weighted by Gasteiger charge is 2.63. The Bertz CT molecular complexity index is 1270. The summed E-state index contributed by atoms with van der Waals surface area (Å²) in [5.41, 5.74) is -4.49. The predicted octanol–water partition coefficient (Wildman–Crippen LogP) is 2.67. The molecule has 0 N–H and O–H groups in total. The molecule has 0 radical (unpaired) electrons. The number of β-lactam (4-membered cyclic amide) rings is 1. The number of carbonyl (C=O) groups excluding carboxylic acids is 2. The van der Waals surface area contributed by atoms with Crippen molar-refractivity contribution in [3.05, 3.63) is 59.7 Å². The molecule has 2 aromatic rings. The predicted molar refractivity (Wildman–Crippen MR) is 121 cm³/mol. The molecule has 2 aliphatic rings. The molecule has 14 heteroatoms. The maximum Gasteiger partial charge on any atom is 0.523 e. The molecule has 0 saturated carbocycles. The van der Waals surface area contributed by atoms with Crippen molar-refractivity contribution in [2.24, 2.45) is 0 Å². The SMILES string of the molecule is COc1ccc(CN2C(=O)[C@@H]3[C@H]2[C@H](OS(=O)(=O)C(F)(F)F)CN3C(=O)OCc2ccccc2)cc1OC. The third-order valence-corrected chi connectivity index (χ3v) is 7.15. The van der Waals surface area contributed by atoms with Crippen molar-refractivity contribution in [3.63, 3.8) is 0 Å². The summed E-state index contributed by atoms with van der Waals surface area (Å²) in [5.74, 6) is 0.186. The number of carbonyl (C=O) groups is 2. The molecule has 0 unspecified atom stereocenters. The summed E-state index contributed by atoms with van der Waals surface area (Å²) in [6, 6.07) is 11.0. The Labute approximate surface area is 210 Å². The van der Waals surface area contributed by atoms with E-state index in [-0.39, 0.29) is 13.2 Å². The zero-order valence-electron chi connectivity index (χ0n) is 19.7. The van der Waals surface area contributed by atoms with Crippen molar-refractivity contribution in [2.45, 2.75) is 36.8 Å². The first-order valence-electron chi connectivity index (χ1n) is 10.9. The van der Waals surface area contributed by atoms with Gasteiger partial charge in [-0.3, -0.25) is 13.9 Å². The van der Waals surface area contributed by atoms with Crippen LogP contribution in [0.25, 0.3) is 0 Å². The Balaban J connectivity index is 1.56. The number of benzene rings is 2. The topological polar surface area (TPSA) is 112 Å². The first kappa shape index (κ1) is 26.5. The maximum absolute atomic E-state index is 13.0. The first-order chi connectivity index (χ1) is 17.5. The van der Waals surface area contributed by atoms with Crippen molar-refractivity contribution >= 4 is 22.1 Å². The summed E-state index contributed by atoms with van der Waals surface area (Å²) in [4.78, 5) is 27.8. The van der Waals surface area contributed by atoms with E-state index in [9.17, 15) is 31.2 Å². The molecule has 10 nitrogen and oxygen atoms in total. The van der Waals surface area contributed by atoms with E-state index < -0.39 is 52.4 Å². The molecular weight excluding hydrogens is 521 g/mol. The summed E-state index contributed by atoms with van der Waals surface area (Å²) in [6.07, 6.45) is -2.63. The molecule has 0 aromatic heterocycles. The lowest BCUT2D eigenvalue weighted by molar-refractivity contribution is -0.156. The van der Waals surface area contributed by atoms with E-state index in [0.717, 1.165) is 9.80 Å². The Morgan fingerprint density at radius 1 is 1.03 bits per heavy atom. The maximum atomic E-state index is 13.0. The molecule has 0 aliphatic carbocycles. The van der Waals surface area contributed by atoms with Gasteiger partial charge in [0.2, 0.25) is 5.91 Å². The number of methoxy groups -OCH3 is 2. The highest BCUT2D eigenvalue weighted by molar-refractivity contribution is 7.87. The number of alkyl halides is 3. The van der Waals surface area contributed by atoms with Crippen LogP contribution in [0.15, 0.2) is 48.5 Å². The van der Waals surface area contributed by atoms with Gasteiger partial charge in [-0.25, -0.2) is 4.79 Å². The van der Waals surface area contributed by atoms with Gasteiger partial charge in [0.25, 0.3) is 0 Å². The van der Waals surface area contributed by atoms with Gasteiger partial charge in [0.05, 0.1) is 26.8 Å². The van der Waals surface area contributed by atoms with Crippen molar-refractivity contribution in [2.75, 3.05) is 20.8 Å². The van der Waals surface area contributed by atoms with E-state index in [1.807, 2.05) is 0 Å². The van der Waals surface area contributed by atoms with Crippen molar-refractivity contribution in [1.29, 1.82) is 0 Å². The number of nitrogens with zero attached hydrogens (tertiary/aromatic N) is 2. The van der Waals surface area contributed by atoms with Gasteiger partial charge < -0.3 is 19.1 Å². The van der Waals surface area contributed by atoms with E-state index in [4.69, 9.17) is 14.2 Å². The molecule has 0 spiro atoms. The standard InChI is InChI=1S/C23H23F3N2O8S/c1-33-16-9-8-15(10-17(16)34-2)11-27-19-18(36-37(31,32)23(24,25)26)12-28(20(19)21(27)29)22(30)35-13-14-6-4-3-5-7-14/h3-10,18-20H,11-13H2,1-2H3/t18-,19-,20+/m1/s1. The fourth-order valence-electron chi connectivity index (χ4n) is 4.34. The van der Waals surface area contributed by atoms with Crippen LogP contribution < -0.4 is 9.47 Å². The van der Waals surface area contributed by atoms with Crippen LogP contribution in [0.3, 0.4) is 0 Å². The zero-order valence-corrected chi connectivity index (χ0v) is 20.5. The third kappa shape index (κ3) is 5.16. The molecule has 4 rings (SSSR count).